The standard InChI is InChI=1S/C43H83O19P3/c1-3-5-7-9-11-13-15-17-18-20-21-23-25-27-29-31-36(44)57-33-35(59-37(45)32-30-28-26-24-22-19-16-14-12-10-8-6-4-2)34-58-65(55,56)62-41-38(46)39(47)42(60-63(49,50)51)43(40(41)48)61-64(52,53)54/h14,16,35,38-43,46-48H,3-13,15,17-34H2,1-2H3,(H,55,56)(H2,49,50,51)(H2,52,53,54)/b16-14-/t35-,38?,39?,40?,41+,42?,43+/m1/s1. The van der Waals surface area contributed by atoms with Crippen LogP contribution in [0.2, 0.25) is 0 Å². The summed E-state index contributed by atoms with van der Waals surface area (Å²) in [5.74, 6) is -1.30. The van der Waals surface area contributed by atoms with Gasteiger partial charge in [-0.2, -0.15) is 0 Å². The van der Waals surface area contributed by atoms with Crippen LogP contribution >= 0.6 is 23.5 Å². The zero-order valence-corrected chi connectivity index (χ0v) is 41.5. The van der Waals surface area contributed by atoms with Crippen molar-refractivity contribution in [1.82, 2.24) is 0 Å². The van der Waals surface area contributed by atoms with E-state index in [1.54, 1.807) is 0 Å². The minimum atomic E-state index is -5.60. The molecule has 0 aromatic heterocycles. The Labute approximate surface area is 386 Å². The molecule has 0 spiro atoms. The van der Waals surface area contributed by atoms with Crippen LogP contribution in [0.15, 0.2) is 12.2 Å². The molecule has 5 unspecified atom stereocenters. The van der Waals surface area contributed by atoms with E-state index in [0.717, 1.165) is 64.2 Å². The largest absolute Gasteiger partial charge is 0.472 e. The molecular weight excluding hydrogens is 913 g/mol. The fraction of sp³-hybridized carbons (Fsp3) is 0.907. The molecule has 384 valence electrons. The molecule has 0 radical (unpaired) electrons. The second-order valence-electron chi connectivity index (χ2n) is 17.0. The number of carbonyl (C=O) groups excluding carboxylic acids is 2. The van der Waals surface area contributed by atoms with E-state index in [1.165, 1.54) is 89.9 Å². The number of aliphatic hydroxyl groups is 3. The number of unbranched alkanes of at least 4 members (excludes halogenated alkanes) is 23. The number of phosphoric ester groups is 3. The first-order valence-electron chi connectivity index (χ1n) is 24.0. The summed E-state index contributed by atoms with van der Waals surface area (Å²) in [5, 5.41) is 31.8. The van der Waals surface area contributed by atoms with E-state index in [2.05, 4.69) is 35.0 Å². The predicted octanol–water partition coefficient (Wildman–Crippen LogP) is 8.51. The lowest BCUT2D eigenvalue weighted by Gasteiger charge is -2.44. The molecule has 0 aromatic carbocycles. The zero-order chi connectivity index (χ0) is 48.6. The monoisotopic (exact) mass is 996 g/mol. The van der Waals surface area contributed by atoms with Gasteiger partial charge in [-0.05, 0) is 38.5 Å². The van der Waals surface area contributed by atoms with E-state index in [1.807, 2.05) is 0 Å². The fourth-order valence-electron chi connectivity index (χ4n) is 7.46. The number of phosphoric acid groups is 3. The summed E-state index contributed by atoms with van der Waals surface area (Å²) in [4.78, 5) is 73.1. The maximum Gasteiger partial charge on any atom is 0.472 e. The summed E-state index contributed by atoms with van der Waals surface area (Å²) in [5.41, 5.74) is 0. The molecule has 1 aliphatic carbocycles. The number of hydrogen-bond acceptors (Lipinski definition) is 14. The van der Waals surface area contributed by atoms with Gasteiger partial charge in [-0.3, -0.25) is 27.7 Å². The number of rotatable bonds is 41. The zero-order valence-electron chi connectivity index (χ0n) is 38.8. The van der Waals surface area contributed by atoms with Crippen LogP contribution in [0.25, 0.3) is 0 Å². The van der Waals surface area contributed by atoms with Crippen molar-refractivity contribution >= 4 is 35.4 Å². The normalized spacial score (nSPS) is 21.9. The average Bonchev–Trinajstić information content (AvgIpc) is 3.23. The van der Waals surface area contributed by atoms with Gasteiger partial charge >= 0.3 is 35.4 Å². The number of aliphatic hydroxyl groups excluding tert-OH is 3. The van der Waals surface area contributed by atoms with Gasteiger partial charge in [0.25, 0.3) is 0 Å². The Morgan fingerprint density at radius 2 is 0.846 bits per heavy atom. The van der Waals surface area contributed by atoms with Gasteiger partial charge in [0.2, 0.25) is 0 Å². The second kappa shape index (κ2) is 35.9. The minimum absolute atomic E-state index is 0.00826. The summed E-state index contributed by atoms with van der Waals surface area (Å²) in [7, 11) is -16.6. The van der Waals surface area contributed by atoms with Crippen molar-refractivity contribution in [2.24, 2.45) is 0 Å². The summed E-state index contributed by atoms with van der Waals surface area (Å²) in [6.45, 7) is 2.93. The Kier molecular flexibility index (Phi) is 34.2. The van der Waals surface area contributed by atoms with Crippen LogP contribution in [0, 0.1) is 0 Å². The lowest BCUT2D eigenvalue weighted by molar-refractivity contribution is -0.213. The lowest BCUT2D eigenvalue weighted by Crippen LogP contribution is -2.65. The average molecular weight is 997 g/mol. The number of esters is 2. The van der Waals surface area contributed by atoms with Gasteiger partial charge in [0, 0.05) is 12.8 Å². The van der Waals surface area contributed by atoms with E-state index in [0.29, 0.717) is 12.8 Å². The molecule has 0 saturated heterocycles. The highest BCUT2D eigenvalue weighted by Gasteiger charge is 2.56. The highest BCUT2D eigenvalue weighted by atomic mass is 31.2. The molecule has 0 aromatic rings. The molecule has 8 N–H and O–H groups in total. The van der Waals surface area contributed by atoms with Crippen molar-refractivity contribution < 1.29 is 90.6 Å². The molecule has 8 atom stereocenters. The topological polar surface area (TPSA) is 303 Å². The van der Waals surface area contributed by atoms with Crippen LogP contribution in [-0.2, 0) is 50.9 Å². The van der Waals surface area contributed by atoms with Crippen LogP contribution in [0.1, 0.15) is 194 Å². The van der Waals surface area contributed by atoms with Gasteiger partial charge in [0.1, 0.15) is 43.2 Å². The van der Waals surface area contributed by atoms with Gasteiger partial charge in [-0.15, -0.1) is 0 Å². The molecule has 1 rings (SSSR count). The van der Waals surface area contributed by atoms with Gasteiger partial charge < -0.3 is 49.3 Å². The third-order valence-electron chi connectivity index (χ3n) is 11.1. The van der Waals surface area contributed by atoms with Crippen LogP contribution in [0.4, 0.5) is 0 Å². The van der Waals surface area contributed by atoms with Gasteiger partial charge in [0.15, 0.2) is 6.10 Å². The maximum absolute atomic E-state index is 13.1. The first kappa shape index (κ1) is 61.9. The predicted molar refractivity (Wildman–Crippen MR) is 243 cm³/mol. The van der Waals surface area contributed by atoms with Crippen molar-refractivity contribution in [2.45, 2.75) is 236 Å². The van der Waals surface area contributed by atoms with E-state index in [9.17, 15) is 63.1 Å². The summed E-state index contributed by atoms with van der Waals surface area (Å²) < 4.78 is 65.4. The number of ether oxygens (including phenoxy) is 2. The van der Waals surface area contributed by atoms with Crippen molar-refractivity contribution in [3.8, 4) is 0 Å². The quantitative estimate of drug-likeness (QED) is 0.0123. The first-order chi connectivity index (χ1) is 30.8. The summed E-state index contributed by atoms with van der Waals surface area (Å²) in [6, 6.07) is 0. The highest BCUT2D eigenvalue weighted by molar-refractivity contribution is 7.47. The van der Waals surface area contributed by atoms with Gasteiger partial charge in [-0.25, -0.2) is 13.7 Å². The van der Waals surface area contributed by atoms with Gasteiger partial charge in [0.05, 0.1) is 6.61 Å². The van der Waals surface area contributed by atoms with Crippen molar-refractivity contribution in [1.29, 1.82) is 0 Å². The number of carbonyl (C=O) groups is 2. The van der Waals surface area contributed by atoms with Crippen LogP contribution in [0.3, 0.4) is 0 Å². The molecule has 1 saturated carbocycles. The van der Waals surface area contributed by atoms with Crippen LogP contribution < -0.4 is 0 Å². The van der Waals surface area contributed by atoms with Crippen molar-refractivity contribution in [3.63, 3.8) is 0 Å². The molecule has 19 nitrogen and oxygen atoms in total. The molecule has 1 fully saturated rings. The van der Waals surface area contributed by atoms with Crippen LogP contribution in [-0.4, -0.2) is 108 Å². The van der Waals surface area contributed by atoms with E-state index < -0.39 is 91.3 Å². The fourth-order valence-corrected chi connectivity index (χ4v) is 9.56. The van der Waals surface area contributed by atoms with Crippen molar-refractivity contribution in [3.05, 3.63) is 12.2 Å². The Hall–Kier alpha value is -1.11. The highest BCUT2D eigenvalue weighted by Crippen LogP contribution is 2.51. The Morgan fingerprint density at radius 3 is 1.29 bits per heavy atom. The second-order valence-corrected chi connectivity index (χ2v) is 20.8. The number of allylic oxidation sites excluding steroid dienone is 2. The molecule has 0 heterocycles. The van der Waals surface area contributed by atoms with Gasteiger partial charge in [-0.1, -0.05) is 154 Å². The van der Waals surface area contributed by atoms with Crippen LogP contribution in [0.5, 0.6) is 0 Å². The molecule has 1 aliphatic rings. The third kappa shape index (κ3) is 32.4. The maximum atomic E-state index is 13.1. The Balaban J connectivity index is 2.73. The molecule has 22 heteroatoms. The first-order valence-corrected chi connectivity index (χ1v) is 28.5. The summed E-state index contributed by atoms with van der Waals surface area (Å²) >= 11 is 0. The SMILES string of the molecule is CCCCCC/C=C\CCCCCCCC(=O)O[C@H](COC(=O)CCCCCCCCCCCCCCCCC)COP(=O)(O)O[C@H]1C(O)C(O)C(OP(=O)(O)O)[C@@H](OP(=O)(O)O)C1O. The Morgan fingerprint density at radius 1 is 0.477 bits per heavy atom. The van der Waals surface area contributed by atoms with E-state index in [-0.39, 0.29) is 12.8 Å². The van der Waals surface area contributed by atoms with E-state index >= 15 is 0 Å². The molecular formula is C43H83O19P3. The van der Waals surface area contributed by atoms with E-state index in [4.69, 9.17) is 18.5 Å². The summed E-state index contributed by atoms with van der Waals surface area (Å²) in [6.07, 6.45) is 16.6. The third-order valence-corrected chi connectivity index (χ3v) is 13.1. The van der Waals surface area contributed by atoms with Crippen molar-refractivity contribution in [2.75, 3.05) is 13.2 Å². The molecule has 65 heavy (non-hydrogen) atoms. The molecule has 0 amide bonds. The number of hydrogen-bond donors (Lipinski definition) is 8. The molecule has 0 bridgehead atoms. The minimum Gasteiger partial charge on any atom is -0.462 e. The lowest BCUT2D eigenvalue weighted by atomic mass is 9.85. The Bertz CT molecular complexity index is 1420. The molecule has 0 aliphatic heterocycles. The smallest absolute Gasteiger partial charge is 0.462 e.